The van der Waals surface area contributed by atoms with E-state index in [0.29, 0.717) is 6.54 Å². The van der Waals surface area contributed by atoms with E-state index >= 15 is 0 Å². The number of amides is 2. The number of nitrogens with zero attached hydrogens (tertiary/aromatic N) is 2. The van der Waals surface area contributed by atoms with Gasteiger partial charge < -0.3 is 9.80 Å². The van der Waals surface area contributed by atoms with Crippen molar-refractivity contribution in [2.45, 2.75) is 38.0 Å². The second-order valence-electron chi connectivity index (χ2n) is 7.66. The van der Waals surface area contributed by atoms with Crippen LogP contribution in [0.3, 0.4) is 0 Å². The van der Waals surface area contributed by atoms with Crippen LogP contribution in [0.4, 0.5) is 4.39 Å². The summed E-state index contributed by atoms with van der Waals surface area (Å²) in [7, 11) is 0. The van der Waals surface area contributed by atoms with Gasteiger partial charge in [0.05, 0.1) is 5.92 Å². The number of hydrogen-bond acceptors (Lipinski definition) is 2. The zero-order chi connectivity index (χ0) is 17.4. The predicted octanol–water partition coefficient (Wildman–Crippen LogP) is 2.79. The van der Waals surface area contributed by atoms with Gasteiger partial charge in [0.1, 0.15) is 5.82 Å². The Morgan fingerprint density at radius 3 is 2.32 bits per heavy atom. The number of rotatable bonds is 3. The second-order valence-corrected chi connectivity index (χ2v) is 7.66. The van der Waals surface area contributed by atoms with Crippen molar-refractivity contribution in [1.82, 2.24) is 9.80 Å². The van der Waals surface area contributed by atoms with Gasteiger partial charge in [0.25, 0.3) is 0 Å². The lowest BCUT2D eigenvalue weighted by Gasteiger charge is -2.34. The maximum absolute atomic E-state index is 13.1. The minimum absolute atomic E-state index is 0.00565. The first-order chi connectivity index (χ1) is 12.1. The molecule has 0 N–H and O–H groups in total. The Morgan fingerprint density at radius 2 is 1.60 bits per heavy atom. The van der Waals surface area contributed by atoms with Crippen LogP contribution in [0, 0.1) is 17.7 Å². The lowest BCUT2D eigenvalue weighted by atomic mass is 9.96. The molecule has 1 aliphatic carbocycles. The third-order valence-corrected chi connectivity index (χ3v) is 5.91. The van der Waals surface area contributed by atoms with E-state index < -0.39 is 0 Å². The van der Waals surface area contributed by atoms with Crippen LogP contribution in [0.15, 0.2) is 24.3 Å². The first-order valence-corrected chi connectivity index (χ1v) is 9.46. The highest BCUT2D eigenvalue weighted by Gasteiger charge is 2.46. The van der Waals surface area contributed by atoms with Gasteiger partial charge in [-0.2, -0.15) is 0 Å². The Bertz CT molecular complexity index is 654. The molecule has 0 bridgehead atoms. The molecule has 2 amide bonds. The average molecular weight is 344 g/mol. The summed E-state index contributed by atoms with van der Waals surface area (Å²) in [6, 6.07) is 6.48. The monoisotopic (exact) mass is 344 g/mol. The van der Waals surface area contributed by atoms with Gasteiger partial charge in [-0.3, -0.25) is 9.59 Å². The third-order valence-electron chi connectivity index (χ3n) is 5.91. The van der Waals surface area contributed by atoms with Crippen molar-refractivity contribution in [2.75, 3.05) is 26.2 Å². The summed E-state index contributed by atoms with van der Waals surface area (Å²) in [4.78, 5) is 29.3. The minimum Gasteiger partial charge on any atom is -0.342 e. The summed E-state index contributed by atoms with van der Waals surface area (Å²) in [5.74, 6) is 0.355. The molecule has 3 fully saturated rings. The molecule has 5 heteroatoms. The lowest BCUT2D eigenvalue weighted by Crippen LogP contribution is -2.46. The lowest BCUT2D eigenvalue weighted by molar-refractivity contribution is -0.140. The molecule has 3 aliphatic rings. The first-order valence-electron chi connectivity index (χ1n) is 9.46. The topological polar surface area (TPSA) is 40.6 Å². The number of halogens is 1. The SMILES string of the molecule is O=C([C@@H]1CCCN(C(=O)[C@@H]2C[C@@H]2c2ccc(F)cc2)C1)N1CCCC1. The largest absolute Gasteiger partial charge is 0.342 e. The van der Waals surface area contributed by atoms with E-state index in [1.54, 1.807) is 12.1 Å². The molecular weight excluding hydrogens is 319 g/mol. The van der Waals surface area contributed by atoms with E-state index in [0.717, 1.165) is 57.3 Å². The maximum atomic E-state index is 13.1. The quantitative estimate of drug-likeness (QED) is 0.846. The Hall–Kier alpha value is -1.91. The van der Waals surface area contributed by atoms with Crippen molar-refractivity contribution in [3.05, 3.63) is 35.6 Å². The molecule has 0 spiro atoms. The van der Waals surface area contributed by atoms with Gasteiger partial charge in [-0.05, 0) is 55.7 Å². The fourth-order valence-electron chi connectivity index (χ4n) is 4.36. The van der Waals surface area contributed by atoms with Crippen LogP contribution in [0.2, 0.25) is 0 Å². The van der Waals surface area contributed by atoms with E-state index in [2.05, 4.69) is 0 Å². The molecule has 1 saturated carbocycles. The van der Waals surface area contributed by atoms with Crippen LogP contribution in [0.5, 0.6) is 0 Å². The summed E-state index contributed by atoms with van der Waals surface area (Å²) in [6.45, 7) is 3.08. The summed E-state index contributed by atoms with van der Waals surface area (Å²) < 4.78 is 13.1. The van der Waals surface area contributed by atoms with Crippen LogP contribution in [0.1, 0.15) is 43.6 Å². The highest BCUT2D eigenvalue weighted by atomic mass is 19.1. The predicted molar refractivity (Wildman–Crippen MR) is 92.4 cm³/mol. The average Bonchev–Trinajstić information content (AvgIpc) is 3.25. The molecule has 2 saturated heterocycles. The van der Waals surface area contributed by atoms with Crippen molar-refractivity contribution < 1.29 is 14.0 Å². The zero-order valence-corrected chi connectivity index (χ0v) is 14.5. The maximum Gasteiger partial charge on any atom is 0.227 e. The van der Waals surface area contributed by atoms with Crippen molar-refractivity contribution in [3.63, 3.8) is 0 Å². The molecule has 0 unspecified atom stereocenters. The Balaban J connectivity index is 1.36. The molecule has 0 radical (unpaired) electrons. The van der Waals surface area contributed by atoms with E-state index in [-0.39, 0.29) is 35.4 Å². The van der Waals surface area contributed by atoms with Gasteiger partial charge in [-0.15, -0.1) is 0 Å². The summed E-state index contributed by atoms with van der Waals surface area (Å²) in [6.07, 6.45) is 4.84. The van der Waals surface area contributed by atoms with Crippen molar-refractivity contribution in [3.8, 4) is 0 Å². The minimum atomic E-state index is -0.244. The van der Waals surface area contributed by atoms with Gasteiger partial charge in [0.2, 0.25) is 11.8 Å². The molecular formula is C20H25FN2O2. The van der Waals surface area contributed by atoms with E-state index in [4.69, 9.17) is 0 Å². The smallest absolute Gasteiger partial charge is 0.227 e. The fourth-order valence-corrected chi connectivity index (χ4v) is 4.36. The van der Waals surface area contributed by atoms with Crippen LogP contribution in [-0.4, -0.2) is 47.8 Å². The molecule has 25 heavy (non-hydrogen) atoms. The fraction of sp³-hybridized carbons (Fsp3) is 0.600. The standard InChI is InChI=1S/C20H25FN2O2/c21-16-7-5-14(6-8-16)17-12-18(17)20(25)23-11-3-4-15(13-23)19(24)22-9-1-2-10-22/h5-8,15,17-18H,1-4,9-13H2/t15-,17-,18-/m1/s1. The number of carbonyl (C=O) groups excluding carboxylic acids is 2. The molecule has 0 aromatic heterocycles. The van der Waals surface area contributed by atoms with Crippen LogP contribution < -0.4 is 0 Å². The van der Waals surface area contributed by atoms with Crippen molar-refractivity contribution in [2.24, 2.45) is 11.8 Å². The Morgan fingerprint density at radius 1 is 0.920 bits per heavy atom. The Kier molecular flexibility index (Phi) is 4.48. The number of likely N-dealkylation sites (tertiary alicyclic amines) is 2. The normalized spacial score (nSPS) is 28.9. The van der Waals surface area contributed by atoms with Crippen LogP contribution in [0.25, 0.3) is 0 Å². The number of hydrogen-bond donors (Lipinski definition) is 0. The van der Waals surface area contributed by atoms with Crippen molar-refractivity contribution in [1.29, 1.82) is 0 Å². The van der Waals surface area contributed by atoms with Gasteiger partial charge in [-0.25, -0.2) is 4.39 Å². The summed E-state index contributed by atoms with van der Waals surface area (Å²) in [5.41, 5.74) is 1.04. The van der Waals surface area contributed by atoms with E-state index in [9.17, 15) is 14.0 Å². The van der Waals surface area contributed by atoms with Gasteiger partial charge in [0.15, 0.2) is 0 Å². The van der Waals surface area contributed by atoms with E-state index in [1.165, 1.54) is 12.1 Å². The molecule has 2 aliphatic heterocycles. The number of carbonyl (C=O) groups is 2. The molecule has 4 rings (SSSR count). The van der Waals surface area contributed by atoms with E-state index in [1.807, 2.05) is 9.80 Å². The third kappa shape index (κ3) is 3.42. The molecule has 1 aromatic rings. The zero-order valence-electron chi connectivity index (χ0n) is 14.5. The van der Waals surface area contributed by atoms with Gasteiger partial charge >= 0.3 is 0 Å². The number of benzene rings is 1. The van der Waals surface area contributed by atoms with Gasteiger partial charge in [0, 0.05) is 32.1 Å². The number of piperidine rings is 1. The molecule has 134 valence electrons. The first kappa shape index (κ1) is 16.6. The van der Waals surface area contributed by atoms with Crippen LogP contribution >= 0.6 is 0 Å². The summed E-state index contributed by atoms with van der Waals surface area (Å²) in [5, 5.41) is 0. The van der Waals surface area contributed by atoms with Crippen molar-refractivity contribution >= 4 is 11.8 Å². The molecule has 3 atom stereocenters. The van der Waals surface area contributed by atoms with Crippen LogP contribution in [-0.2, 0) is 9.59 Å². The highest BCUT2D eigenvalue weighted by Crippen LogP contribution is 2.48. The Labute approximate surface area is 148 Å². The highest BCUT2D eigenvalue weighted by molar-refractivity contribution is 5.85. The molecule has 4 nitrogen and oxygen atoms in total. The second kappa shape index (κ2) is 6.77. The molecule has 2 heterocycles. The molecule has 1 aromatic carbocycles. The summed E-state index contributed by atoms with van der Waals surface area (Å²) >= 11 is 0. The van der Waals surface area contributed by atoms with Gasteiger partial charge in [-0.1, -0.05) is 12.1 Å².